The van der Waals surface area contributed by atoms with E-state index in [0.717, 1.165) is 74.0 Å². The average Bonchev–Trinajstić information content (AvgIpc) is 3.32. The Hall–Kier alpha value is -2.97. The Kier molecular flexibility index (Phi) is 9.52. The summed E-state index contributed by atoms with van der Waals surface area (Å²) in [6, 6.07) is 7.62. The highest BCUT2D eigenvalue weighted by Gasteiger charge is 2.30. The molecule has 1 aliphatic rings. The van der Waals surface area contributed by atoms with Crippen molar-refractivity contribution in [3.05, 3.63) is 54.2 Å². The zero-order valence-electron chi connectivity index (χ0n) is 22.1. The predicted octanol–water partition coefficient (Wildman–Crippen LogP) is 4.62. The molecule has 200 valence electrons. The maximum Gasteiger partial charge on any atom is 0.303 e. The van der Waals surface area contributed by atoms with Crippen molar-refractivity contribution in [1.82, 2.24) is 19.4 Å². The number of aromatic nitrogens is 3. The summed E-state index contributed by atoms with van der Waals surface area (Å²) in [5, 5.41) is 21.4. The molecule has 3 aromatic rings. The predicted molar refractivity (Wildman–Crippen MR) is 144 cm³/mol. The number of ether oxygens (including phenoxy) is 1. The van der Waals surface area contributed by atoms with Gasteiger partial charge in [0.1, 0.15) is 5.75 Å². The van der Waals surface area contributed by atoms with Gasteiger partial charge in [-0.15, -0.1) is 0 Å². The summed E-state index contributed by atoms with van der Waals surface area (Å²) in [5.41, 5.74) is 2.97. The number of aliphatic hydroxyl groups is 1. The normalized spacial score (nSPS) is 19.2. The van der Waals surface area contributed by atoms with Crippen molar-refractivity contribution in [3.8, 4) is 5.75 Å². The Bertz CT molecular complexity index is 1160. The lowest BCUT2D eigenvalue weighted by Gasteiger charge is -2.39. The van der Waals surface area contributed by atoms with Gasteiger partial charge in [-0.2, -0.15) is 0 Å². The molecule has 0 aliphatic carbocycles. The number of pyridine rings is 1. The molecule has 4 rings (SSSR count). The molecule has 1 fully saturated rings. The molecule has 3 atom stereocenters. The van der Waals surface area contributed by atoms with E-state index in [4.69, 9.17) is 4.74 Å². The minimum absolute atomic E-state index is 0.201. The molecule has 1 saturated heterocycles. The van der Waals surface area contributed by atoms with Gasteiger partial charge < -0.3 is 24.4 Å². The summed E-state index contributed by atoms with van der Waals surface area (Å²) in [6.07, 6.45) is 11.7. The number of aryl methyl sites for hydroxylation is 2. The minimum Gasteiger partial charge on any atom is -0.497 e. The second-order valence-electron chi connectivity index (χ2n) is 10.4. The second-order valence-corrected chi connectivity index (χ2v) is 10.4. The fourth-order valence-electron chi connectivity index (χ4n) is 5.73. The van der Waals surface area contributed by atoms with E-state index in [2.05, 4.69) is 19.4 Å². The molecule has 37 heavy (non-hydrogen) atoms. The molecule has 0 saturated carbocycles. The maximum atomic E-state index is 11.3. The highest BCUT2D eigenvalue weighted by molar-refractivity contribution is 5.83. The van der Waals surface area contributed by atoms with Crippen molar-refractivity contribution in [2.45, 2.75) is 57.5 Å². The lowest BCUT2D eigenvalue weighted by Crippen LogP contribution is -2.41. The Morgan fingerprint density at radius 3 is 2.84 bits per heavy atom. The smallest absolute Gasteiger partial charge is 0.303 e. The fraction of sp³-hybridized carbons (Fsp3) is 0.552. The summed E-state index contributed by atoms with van der Waals surface area (Å²) < 4.78 is 7.45. The van der Waals surface area contributed by atoms with Crippen LogP contribution in [0.2, 0.25) is 0 Å². The summed E-state index contributed by atoms with van der Waals surface area (Å²) in [4.78, 5) is 22.5. The number of piperidine rings is 1. The number of fused-ring (bicyclic) bond motifs is 1. The number of unbranched alkanes of at least 4 members (excludes halogenated alkanes) is 1. The molecule has 0 spiro atoms. The van der Waals surface area contributed by atoms with Gasteiger partial charge in [0.15, 0.2) is 0 Å². The fourth-order valence-corrected chi connectivity index (χ4v) is 5.73. The third-order valence-corrected chi connectivity index (χ3v) is 7.93. The van der Waals surface area contributed by atoms with Crippen molar-refractivity contribution in [1.29, 1.82) is 0 Å². The minimum atomic E-state index is -0.732. The number of hydrogen-bond acceptors (Lipinski definition) is 6. The highest BCUT2D eigenvalue weighted by atomic mass is 16.5. The molecule has 8 heteroatoms. The largest absolute Gasteiger partial charge is 0.497 e. The van der Waals surface area contributed by atoms with E-state index in [1.807, 2.05) is 43.8 Å². The van der Waals surface area contributed by atoms with Crippen LogP contribution in [0.1, 0.15) is 62.3 Å². The number of benzene rings is 1. The molecule has 2 N–H and O–H groups in total. The second kappa shape index (κ2) is 13.0. The van der Waals surface area contributed by atoms with Crippen molar-refractivity contribution in [3.63, 3.8) is 0 Å². The number of rotatable bonds is 13. The molecule has 2 aromatic heterocycles. The van der Waals surface area contributed by atoms with Gasteiger partial charge in [0.25, 0.3) is 0 Å². The summed E-state index contributed by atoms with van der Waals surface area (Å²) in [7, 11) is 3.67. The summed E-state index contributed by atoms with van der Waals surface area (Å²) >= 11 is 0. The number of aliphatic carboxylic acids is 1. The Morgan fingerprint density at radius 1 is 1.22 bits per heavy atom. The van der Waals surface area contributed by atoms with Crippen LogP contribution in [-0.4, -0.2) is 62.4 Å². The number of imidazole rings is 1. The molecule has 8 nitrogen and oxygen atoms in total. The number of aliphatic hydroxyl groups excluding tert-OH is 1. The van der Waals surface area contributed by atoms with Gasteiger partial charge in [-0.05, 0) is 99.7 Å². The van der Waals surface area contributed by atoms with Gasteiger partial charge in [-0.1, -0.05) is 0 Å². The number of likely N-dealkylation sites (tertiary alicyclic amines) is 1. The number of nitrogens with zero attached hydrogens (tertiary/aromatic N) is 4. The third kappa shape index (κ3) is 7.29. The van der Waals surface area contributed by atoms with Crippen LogP contribution in [0.3, 0.4) is 0 Å². The van der Waals surface area contributed by atoms with Crippen LogP contribution in [-0.2, 0) is 18.3 Å². The van der Waals surface area contributed by atoms with Crippen LogP contribution in [0, 0.1) is 11.8 Å². The molecular weight excluding hydrogens is 468 g/mol. The quantitative estimate of drug-likeness (QED) is 0.325. The first-order valence-corrected chi connectivity index (χ1v) is 13.4. The van der Waals surface area contributed by atoms with E-state index in [9.17, 15) is 15.0 Å². The molecule has 0 radical (unpaired) electrons. The molecule has 3 heterocycles. The zero-order chi connectivity index (χ0) is 26.2. The third-order valence-electron chi connectivity index (χ3n) is 7.93. The number of carboxylic acid groups (broad SMARTS) is 1. The maximum absolute atomic E-state index is 11.3. The van der Waals surface area contributed by atoms with Gasteiger partial charge in [0.05, 0.1) is 25.1 Å². The van der Waals surface area contributed by atoms with E-state index in [0.29, 0.717) is 24.7 Å². The van der Waals surface area contributed by atoms with Crippen LogP contribution in [0.4, 0.5) is 0 Å². The number of carboxylic acids is 1. The van der Waals surface area contributed by atoms with Crippen LogP contribution < -0.4 is 4.74 Å². The molecule has 0 amide bonds. The van der Waals surface area contributed by atoms with Crippen molar-refractivity contribution in [2.24, 2.45) is 18.9 Å². The van der Waals surface area contributed by atoms with Crippen LogP contribution in [0.5, 0.6) is 5.75 Å². The Balaban J connectivity index is 1.32. The Morgan fingerprint density at radius 2 is 2.08 bits per heavy atom. The van der Waals surface area contributed by atoms with E-state index in [1.165, 1.54) is 5.69 Å². The summed E-state index contributed by atoms with van der Waals surface area (Å²) in [5.74, 6) is 0.769. The molecule has 1 aromatic carbocycles. The van der Waals surface area contributed by atoms with Crippen LogP contribution >= 0.6 is 0 Å². The van der Waals surface area contributed by atoms with Gasteiger partial charge in [-0.25, -0.2) is 4.98 Å². The van der Waals surface area contributed by atoms with Crippen molar-refractivity contribution < 1.29 is 19.7 Å². The first-order chi connectivity index (χ1) is 17.9. The molecule has 0 bridgehead atoms. The van der Waals surface area contributed by atoms with Gasteiger partial charge in [-0.3, -0.25) is 9.78 Å². The van der Waals surface area contributed by atoms with Crippen molar-refractivity contribution >= 4 is 16.9 Å². The van der Waals surface area contributed by atoms with E-state index in [1.54, 1.807) is 13.3 Å². The van der Waals surface area contributed by atoms with E-state index in [-0.39, 0.29) is 6.42 Å². The lowest BCUT2D eigenvalue weighted by atomic mass is 9.79. The molecule has 1 aliphatic heterocycles. The zero-order valence-corrected chi connectivity index (χ0v) is 22.1. The van der Waals surface area contributed by atoms with E-state index < -0.39 is 12.1 Å². The van der Waals surface area contributed by atoms with Crippen LogP contribution in [0.25, 0.3) is 10.9 Å². The topological polar surface area (TPSA) is 101 Å². The number of methoxy groups -OCH3 is 1. The highest BCUT2D eigenvalue weighted by Crippen LogP contribution is 2.35. The van der Waals surface area contributed by atoms with Gasteiger partial charge >= 0.3 is 5.97 Å². The molecule has 0 unspecified atom stereocenters. The molecular formula is C29H40N4O4. The Labute approximate surface area is 219 Å². The summed E-state index contributed by atoms with van der Waals surface area (Å²) in [6.45, 7) is 3.02. The average molecular weight is 509 g/mol. The SMILES string of the molecule is COc1ccc2nccc([C@H](O)CC[C@@H]3CCN(CCCCc4cncn4C)C[C@H]3CCC(=O)O)c2c1. The standard InChI is InChI=1S/C29H40N4O4/c1-32-20-30-18-23(32)5-3-4-15-33-16-13-21(22(19-33)7-11-29(35)36)6-10-28(34)25-12-14-31-27-9-8-24(37-2)17-26(25)27/h8-9,12,14,17-18,20-22,28,34H,3-7,10-11,13,15-16,19H2,1-2H3,(H,35,36)/t21-,22-,28-/m1/s1. The first-order valence-electron chi connectivity index (χ1n) is 13.4. The van der Waals surface area contributed by atoms with Crippen LogP contribution in [0.15, 0.2) is 43.0 Å². The van der Waals surface area contributed by atoms with Gasteiger partial charge in [0, 0.05) is 43.5 Å². The monoisotopic (exact) mass is 508 g/mol. The van der Waals surface area contributed by atoms with E-state index >= 15 is 0 Å². The first kappa shape index (κ1) is 27.1. The van der Waals surface area contributed by atoms with Gasteiger partial charge in [0.2, 0.25) is 0 Å². The number of hydrogen-bond donors (Lipinski definition) is 2. The number of carbonyl (C=O) groups is 1. The lowest BCUT2D eigenvalue weighted by molar-refractivity contribution is -0.137. The van der Waals surface area contributed by atoms with Crippen molar-refractivity contribution in [2.75, 3.05) is 26.7 Å².